The van der Waals surface area contributed by atoms with Crippen molar-refractivity contribution in [3.8, 4) is 0 Å². The zero-order valence-corrected chi connectivity index (χ0v) is 19.3. The molecule has 0 aromatic heterocycles. The third kappa shape index (κ3) is 5.63. The third-order valence-electron chi connectivity index (χ3n) is 3.69. The summed E-state index contributed by atoms with van der Waals surface area (Å²) in [4.78, 5) is 26.9. The minimum atomic E-state index is -0.160. The molecule has 1 N–H and O–H groups in total. The first-order chi connectivity index (χ1) is 12.9. The van der Waals surface area contributed by atoms with Gasteiger partial charge in [0.25, 0.3) is 5.91 Å². The van der Waals surface area contributed by atoms with Crippen LogP contribution in [0.3, 0.4) is 0 Å². The first kappa shape index (κ1) is 20.5. The van der Waals surface area contributed by atoms with Crippen molar-refractivity contribution < 1.29 is 9.59 Å². The molecule has 2 aromatic rings. The van der Waals surface area contributed by atoms with Crippen molar-refractivity contribution in [2.24, 2.45) is 0 Å². The highest BCUT2D eigenvalue weighted by Crippen LogP contribution is 2.33. The Labute approximate surface area is 189 Å². The van der Waals surface area contributed by atoms with Crippen molar-refractivity contribution in [2.75, 3.05) is 11.9 Å². The SMILES string of the molecule is O=C(CCN1C(=O)/C(=C/c2cccc(Br)c2)SC1=S)Nc1cccc(I)c1. The Kier molecular flexibility index (Phi) is 7.07. The molecule has 2 amide bonds. The fraction of sp³-hybridized carbons (Fsp3) is 0.105. The van der Waals surface area contributed by atoms with Crippen LogP contribution in [0.15, 0.2) is 57.9 Å². The summed E-state index contributed by atoms with van der Waals surface area (Å²) in [6.45, 7) is 0.260. The number of nitrogens with one attached hydrogen (secondary N) is 1. The number of carbonyl (C=O) groups excluding carboxylic acids is 2. The zero-order chi connectivity index (χ0) is 19.4. The van der Waals surface area contributed by atoms with Gasteiger partial charge in [-0.05, 0) is 64.6 Å². The smallest absolute Gasteiger partial charge is 0.266 e. The van der Waals surface area contributed by atoms with E-state index in [1.165, 1.54) is 16.7 Å². The van der Waals surface area contributed by atoms with Gasteiger partial charge in [0.05, 0.1) is 4.91 Å². The lowest BCUT2D eigenvalue weighted by Gasteiger charge is -2.14. The minimum Gasteiger partial charge on any atom is -0.326 e. The maximum Gasteiger partial charge on any atom is 0.266 e. The Balaban J connectivity index is 1.61. The lowest BCUT2D eigenvalue weighted by Crippen LogP contribution is -2.31. The van der Waals surface area contributed by atoms with Gasteiger partial charge in [0.15, 0.2) is 0 Å². The van der Waals surface area contributed by atoms with Crippen LogP contribution in [-0.4, -0.2) is 27.6 Å². The first-order valence-corrected chi connectivity index (χ1v) is 11.1. The van der Waals surface area contributed by atoms with E-state index in [0.717, 1.165) is 19.3 Å². The van der Waals surface area contributed by atoms with E-state index in [2.05, 4.69) is 43.8 Å². The van der Waals surface area contributed by atoms with E-state index in [0.29, 0.717) is 9.23 Å². The molecule has 0 radical (unpaired) electrons. The van der Waals surface area contributed by atoms with Crippen molar-refractivity contribution in [2.45, 2.75) is 6.42 Å². The Bertz CT molecular complexity index is 949. The number of carbonyl (C=O) groups is 2. The highest BCUT2D eigenvalue weighted by Gasteiger charge is 2.32. The zero-order valence-electron chi connectivity index (χ0n) is 13.9. The van der Waals surface area contributed by atoms with E-state index in [9.17, 15) is 9.59 Å². The Morgan fingerprint density at radius 2 is 2.04 bits per heavy atom. The van der Waals surface area contributed by atoms with Crippen molar-refractivity contribution >= 4 is 90.4 Å². The Morgan fingerprint density at radius 3 is 2.78 bits per heavy atom. The third-order valence-corrected chi connectivity index (χ3v) is 6.23. The van der Waals surface area contributed by atoms with Crippen molar-refractivity contribution in [1.29, 1.82) is 0 Å². The van der Waals surface area contributed by atoms with Crippen LogP contribution in [0.25, 0.3) is 6.08 Å². The molecule has 1 fully saturated rings. The summed E-state index contributed by atoms with van der Waals surface area (Å²) in [6.07, 6.45) is 2.00. The molecule has 0 aliphatic carbocycles. The predicted molar refractivity (Wildman–Crippen MR) is 126 cm³/mol. The molecule has 1 heterocycles. The number of thioether (sulfide) groups is 1. The standard InChI is InChI=1S/C19H14BrIN2O2S2/c20-13-4-1-3-12(9-13)10-16-18(25)23(19(26)27-16)8-7-17(24)22-15-6-2-5-14(21)11-15/h1-6,9-11H,7-8H2,(H,22,24)/b16-10-. The average molecular weight is 573 g/mol. The van der Waals surface area contributed by atoms with Gasteiger partial charge in [-0.25, -0.2) is 0 Å². The van der Waals surface area contributed by atoms with Crippen LogP contribution in [0.2, 0.25) is 0 Å². The number of nitrogens with zero attached hydrogens (tertiary/aromatic N) is 1. The number of hydrogen-bond donors (Lipinski definition) is 1. The van der Waals surface area contributed by atoms with Crippen LogP contribution in [0.1, 0.15) is 12.0 Å². The van der Waals surface area contributed by atoms with Gasteiger partial charge in [-0.15, -0.1) is 0 Å². The van der Waals surface area contributed by atoms with Crippen molar-refractivity contribution in [3.63, 3.8) is 0 Å². The van der Waals surface area contributed by atoms with Gasteiger partial charge < -0.3 is 5.32 Å². The maximum atomic E-state index is 12.6. The predicted octanol–water partition coefficient (Wildman–Crippen LogP) is 5.28. The largest absolute Gasteiger partial charge is 0.326 e. The maximum absolute atomic E-state index is 12.6. The van der Waals surface area contributed by atoms with E-state index >= 15 is 0 Å². The summed E-state index contributed by atoms with van der Waals surface area (Å²) in [5.74, 6) is -0.311. The number of halogens is 2. The monoisotopic (exact) mass is 572 g/mol. The van der Waals surface area contributed by atoms with Gasteiger partial charge in [0.2, 0.25) is 5.91 Å². The first-order valence-electron chi connectivity index (χ1n) is 7.99. The van der Waals surface area contributed by atoms with Crippen LogP contribution in [0.5, 0.6) is 0 Å². The summed E-state index contributed by atoms with van der Waals surface area (Å²) in [6, 6.07) is 15.2. The van der Waals surface area contributed by atoms with Crippen LogP contribution in [0.4, 0.5) is 5.69 Å². The molecule has 3 rings (SSSR count). The Hall–Kier alpha value is -1.23. The Morgan fingerprint density at radius 1 is 1.26 bits per heavy atom. The molecular formula is C19H14BrIN2O2S2. The topological polar surface area (TPSA) is 49.4 Å². The van der Waals surface area contributed by atoms with E-state index in [4.69, 9.17) is 12.2 Å². The lowest BCUT2D eigenvalue weighted by atomic mass is 10.2. The van der Waals surface area contributed by atoms with Crippen molar-refractivity contribution in [1.82, 2.24) is 4.90 Å². The van der Waals surface area contributed by atoms with E-state index < -0.39 is 0 Å². The van der Waals surface area contributed by atoms with Gasteiger partial charge >= 0.3 is 0 Å². The highest BCUT2D eigenvalue weighted by molar-refractivity contribution is 14.1. The second-order valence-corrected chi connectivity index (χ2v) is 9.53. The number of benzene rings is 2. The molecule has 1 saturated heterocycles. The van der Waals surface area contributed by atoms with E-state index in [1.54, 1.807) is 0 Å². The molecule has 0 unspecified atom stereocenters. The molecule has 1 aliphatic rings. The molecule has 4 nitrogen and oxygen atoms in total. The normalized spacial score (nSPS) is 15.5. The van der Waals surface area contributed by atoms with Gasteiger partial charge in [-0.3, -0.25) is 14.5 Å². The summed E-state index contributed by atoms with van der Waals surface area (Å²) < 4.78 is 2.46. The van der Waals surface area contributed by atoms with Gasteiger partial charge in [-0.1, -0.05) is 58.1 Å². The minimum absolute atomic E-state index is 0.151. The highest BCUT2D eigenvalue weighted by atomic mass is 127. The molecular weight excluding hydrogens is 559 g/mol. The molecule has 1 aliphatic heterocycles. The molecule has 138 valence electrons. The molecule has 0 bridgehead atoms. The number of hydrogen-bond acceptors (Lipinski definition) is 4. The average Bonchev–Trinajstić information content (AvgIpc) is 2.86. The van der Waals surface area contributed by atoms with Crippen LogP contribution < -0.4 is 5.32 Å². The second kappa shape index (κ2) is 9.31. The molecule has 8 heteroatoms. The van der Waals surface area contributed by atoms with Gasteiger partial charge in [-0.2, -0.15) is 0 Å². The molecule has 0 atom stereocenters. The van der Waals surface area contributed by atoms with Crippen LogP contribution in [-0.2, 0) is 9.59 Å². The van der Waals surface area contributed by atoms with Crippen LogP contribution >= 0.6 is 62.5 Å². The van der Waals surface area contributed by atoms with E-state index in [-0.39, 0.29) is 24.8 Å². The lowest BCUT2D eigenvalue weighted by molar-refractivity contribution is -0.122. The van der Waals surface area contributed by atoms with Gasteiger partial charge in [0.1, 0.15) is 4.32 Å². The number of anilines is 1. The number of rotatable bonds is 5. The van der Waals surface area contributed by atoms with Crippen LogP contribution in [0, 0.1) is 3.57 Å². The quantitative estimate of drug-likeness (QED) is 0.301. The molecule has 2 aromatic carbocycles. The molecule has 27 heavy (non-hydrogen) atoms. The summed E-state index contributed by atoms with van der Waals surface area (Å²) >= 11 is 12.2. The number of thiocarbonyl (C=S) groups is 1. The summed E-state index contributed by atoms with van der Waals surface area (Å²) in [5, 5.41) is 2.84. The fourth-order valence-corrected chi connectivity index (χ4v) is 4.71. The van der Waals surface area contributed by atoms with E-state index in [1.807, 2.05) is 54.6 Å². The second-order valence-electron chi connectivity index (χ2n) is 5.70. The fourth-order valence-electron chi connectivity index (χ4n) is 2.44. The van der Waals surface area contributed by atoms with Crippen molar-refractivity contribution in [3.05, 3.63) is 67.0 Å². The van der Waals surface area contributed by atoms with Gasteiger partial charge in [0, 0.05) is 26.7 Å². The summed E-state index contributed by atoms with van der Waals surface area (Å²) in [5.41, 5.74) is 1.66. The number of amides is 2. The molecule has 0 spiro atoms. The summed E-state index contributed by atoms with van der Waals surface area (Å²) in [7, 11) is 0. The molecule has 0 saturated carbocycles.